The molecule has 1 nitrogen and oxygen atoms in total. The molecule has 0 bridgehead atoms. The highest BCUT2D eigenvalue weighted by Gasteiger charge is 2.14. The molecule has 0 aliphatic rings. The number of hydrogen-bond donors (Lipinski definition) is 1. The normalized spacial score (nSPS) is 15.0. The summed E-state index contributed by atoms with van der Waals surface area (Å²) in [7, 11) is 1.97. The fraction of sp³-hybridized carbons (Fsp3) is 0.500. The molecular weight excluding hydrogens is 229 g/mol. The number of rotatable bonds is 4. The number of nitrogens with one attached hydrogen (secondary N) is 1. The highest BCUT2D eigenvalue weighted by Crippen LogP contribution is 2.27. The van der Waals surface area contributed by atoms with E-state index >= 15 is 0 Å². The molecule has 3 heteroatoms. The quantitative estimate of drug-likeness (QED) is 0.852. The van der Waals surface area contributed by atoms with Gasteiger partial charge in [-0.2, -0.15) is 0 Å². The summed E-state index contributed by atoms with van der Waals surface area (Å²) in [5.74, 6) is 0.507. The molecule has 0 aliphatic heterocycles. The van der Waals surface area contributed by atoms with E-state index in [4.69, 9.17) is 23.2 Å². The molecule has 0 aromatic heterocycles. The van der Waals surface area contributed by atoms with Crippen LogP contribution >= 0.6 is 23.2 Å². The zero-order chi connectivity index (χ0) is 11.4. The minimum absolute atomic E-state index is 0.456. The van der Waals surface area contributed by atoms with Gasteiger partial charge in [0, 0.05) is 16.1 Å². The molecular formula is C12H17Cl2N. The van der Waals surface area contributed by atoms with Crippen LogP contribution in [0.4, 0.5) is 0 Å². The van der Waals surface area contributed by atoms with Crippen LogP contribution < -0.4 is 5.32 Å². The van der Waals surface area contributed by atoms with Gasteiger partial charge in [-0.25, -0.2) is 0 Å². The van der Waals surface area contributed by atoms with E-state index in [9.17, 15) is 0 Å². The van der Waals surface area contributed by atoms with Crippen molar-refractivity contribution in [3.05, 3.63) is 33.8 Å². The maximum absolute atomic E-state index is 6.12. The molecule has 1 aromatic rings. The van der Waals surface area contributed by atoms with Crippen molar-refractivity contribution >= 4 is 23.2 Å². The molecule has 0 spiro atoms. The summed E-state index contributed by atoms with van der Waals surface area (Å²) in [6.45, 7) is 4.36. The van der Waals surface area contributed by atoms with Crippen LogP contribution in [0.2, 0.25) is 10.0 Å². The van der Waals surface area contributed by atoms with Gasteiger partial charge in [-0.3, -0.25) is 0 Å². The van der Waals surface area contributed by atoms with Crippen molar-refractivity contribution in [1.29, 1.82) is 0 Å². The lowest BCUT2D eigenvalue weighted by Crippen LogP contribution is -2.29. The van der Waals surface area contributed by atoms with Gasteiger partial charge in [-0.15, -0.1) is 0 Å². The average Bonchev–Trinajstić information content (AvgIpc) is 2.22. The van der Waals surface area contributed by atoms with E-state index in [1.807, 2.05) is 25.2 Å². The van der Waals surface area contributed by atoms with Crippen molar-refractivity contribution in [1.82, 2.24) is 5.32 Å². The van der Waals surface area contributed by atoms with Crippen LogP contribution in [0.3, 0.4) is 0 Å². The molecule has 84 valence electrons. The molecule has 2 unspecified atom stereocenters. The summed E-state index contributed by atoms with van der Waals surface area (Å²) in [5, 5.41) is 4.76. The molecule has 0 aliphatic carbocycles. The summed E-state index contributed by atoms with van der Waals surface area (Å²) < 4.78 is 0. The minimum Gasteiger partial charge on any atom is -0.317 e. The average molecular weight is 246 g/mol. The maximum Gasteiger partial charge on any atom is 0.0452 e. The van der Waals surface area contributed by atoms with Crippen molar-refractivity contribution < 1.29 is 0 Å². The highest BCUT2D eigenvalue weighted by atomic mass is 35.5. The Labute approximate surface area is 102 Å². The fourth-order valence-electron chi connectivity index (χ4n) is 1.51. The van der Waals surface area contributed by atoms with Crippen LogP contribution in [0.5, 0.6) is 0 Å². The standard InChI is InChI=1S/C12H17Cl2N/c1-8(9(2)15-3)7-10-11(13)5-4-6-12(10)14/h4-6,8-9,15H,7H2,1-3H3. The van der Waals surface area contributed by atoms with Crippen LogP contribution in [-0.2, 0) is 6.42 Å². The van der Waals surface area contributed by atoms with Crippen LogP contribution in [0.25, 0.3) is 0 Å². The first kappa shape index (κ1) is 12.8. The topological polar surface area (TPSA) is 12.0 Å². The van der Waals surface area contributed by atoms with Gasteiger partial charge in [0.15, 0.2) is 0 Å². The largest absolute Gasteiger partial charge is 0.317 e. The molecule has 0 fully saturated rings. The van der Waals surface area contributed by atoms with Crippen molar-refractivity contribution in [2.24, 2.45) is 5.92 Å². The van der Waals surface area contributed by atoms with Gasteiger partial charge < -0.3 is 5.32 Å². The zero-order valence-corrected chi connectivity index (χ0v) is 10.9. The summed E-state index contributed by atoms with van der Waals surface area (Å²) in [4.78, 5) is 0. The van der Waals surface area contributed by atoms with Crippen molar-refractivity contribution in [2.45, 2.75) is 26.3 Å². The first-order valence-corrected chi connectivity index (χ1v) is 5.92. The first-order chi connectivity index (χ1) is 7.06. The van der Waals surface area contributed by atoms with Crippen molar-refractivity contribution in [3.63, 3.8) is 0 Å². The molecule has 0 amide bonds. The van der Waals surface area contributed by atoms with Crippen LogP contribution in [0, 0.1) is 5.92 Å². The summed E-state index contributed by atoms with van der Waals surface area (Å²) in [5.41, 5.74) is 1.05. The van der Waals surface area contributed by atoms with Crippen LogP contribution in [0.1, 0.15) is 19.4 Å². The lowest BCUT2D eigenvalue weighted by Gasteiger charge is -2.20. The third-order valence-corrected chi connectivity index (χ3v) is 3.60. The second-order valence-corrected chi connectivity index (χ2v) is 4.77. The molecule has 1 N–H and O–H groups in total. The van der Waals surface area contributed by atoms with Gasteiger partial charge in [0.05, 0.1) is 0 Å². The predicted octanol–water partition coefficient (Wildman–Crippen LogP) is 3.78. The summed E-state index contributed by atoms with van der Waals surface area (Å²) in [6.07, 6.45) is 0.903. The van der Waals surface area contributed by atoms with Crippen LogP contribution in [-0.4, -0.2) is 13.1 Å². The summed E-state index contributed by atoms with van der Waals surface area (Å²) >= 11 is 12.2. The minimum atomic E-state index is 0.456. The van der Waals surface area contributed by atoms with Crippen molar-refractivity contribution in [3.8, 4) is 0 Å². The molecule has 0 heterocycles. The molecule has 1 rings (SSSR count). The van der Waals surface area contributed by atoms with Gasteiger partial charge in [-0.05, 0) is 44.0 Å². The van der Waals surface area contributed by atoms with Gasteiger partial charge in [0.25, 0.3) is 0 Å². The monoisotopic (exact) mass is 245 g/mol. The van der Waals surface area contributed by atoms with E-state index in [1.165, 1.54) is 0 Å². The molecule has 0 saturated heterocycles. The molecule has 2 atom stereocenters. The Morgan fingerprint density at radius 2 is 1.73 bits per heavy atom. The van der Waals surface area contributed by atoms with Crippen LogP contribution in [0.15, 0.2) is 18.2 Å². The van der Waals surface area contributed by atoms with Gasteiger partial charge in [-0.1, -0.05) is 36.2 Å². The van der Waals surface area contributed by atoms with E-state index in [0.717, 1.165) is 22.0 Å². The Morgan fingerprint density at radius 3 is 2.20 bits per heavy atom. The fourth-order valence-corrected chi connectivity index (χ4v) is 2.06. The molecule has 1 aromatic carbocycles. The van der Waals surface area contributed by atoms with E-state index in [1.54, 1.807) is 0 Å². The van der Waals surface area contributed by atoms with Crippen molar-refractivity contribution in [2.75, 3.05) is 7.05 Å². The molecule has 0 radical (unpaired) electrons. The lowest BCUT2D eigenvalue weighted by molar-refractivity contribution is 0.424. The van der Waals surface area contributed by atoms with E-state index in [0.29, 0.717) is 12.0 Å². The van der Waals surface area contributed by atoms with E-state index in [2.05, 4.69) is 19.2 Å². The SMILES string of the molecule is CNC(C)C(C)Cc1c(Cl)cccc1Cl. The van der Waals surface area contributed by atoms with Gasteiger partial charge >= 0.3 is 0 Å². The Kier molecular flexibility index (Phi) is 4.91. The first-order valence-electron chi connectivity index (χ1n) is 5.16. The number of benzene rings is 1. The third-order valence-electron chi connectivity index (χ3n) is 2.90. The Morgan fingerprint density at radius 1 is 1.20 bits per heavy atom. The molecule has 0 saturated carbocycles. The smallest absolute Gasteiger partial charge is 0.0452 e. The van der Waals surface area contributed by atoms with Gasteiger partial charge in [0.2, 0.25) is 0 Å². The number of hydrogen-bond acceptors (Lipinski definition) is 1. The maximum atomic E-state index is 6.12. The second kappa shape index (κ2) is 5.74. The Hall–Kier alpha value is -0.240. The van der Waals surface area contributed by atoms with Gasteiger partial charge in [0.1, 0.15) is 0 Å². The Bertz CT molecular complexity index is 305. The number of halogens is 2. The van der Waals surface area contributed by atoms with E-state index < -0.39 is 0 Å². The highest BCUT2D eigenvalue weighted by molar-refractivity contribution is 6.35. The van der Waals surface area contributed by atoms with E-state index in [-0.39, 0.29) is 0 Å². The lowest BCUT2D eigenvalue weighted by atomic mass is 9.95. The zero-order valence-electron chi connectivity index (χ0n) is 9.35. The predicted molar refractivity (Wildman–Crippen MR) is 67.9 cm³/mol. The third kappa shape index (κ3) is 3.37. The second-order valence-electron chi connectivity index (χ2n) is 3.96. The Balaban J connectivity index is 2.80. The summed E-state index contributed by atoms with van der Waals surface area (Å²) in [6, 6.07) is 6.11. The molecule has 15 heavy (non-hydrogen) atoms.